The van der Waals surface area contributed by atoms with Crippen LogP contribution in [0.5, 0.6) is 0 Å². The molecule has 246 valence electrons. The highest BCUT2D eigenvalue weighted by Crippen LogP contribution is 2.36. The maximum atomic E-state index is 11.3. The second kappa shape index (κ2) is 24.5. The van der Waals surface area contributed by atoms with E-state index < -0.39 is 7.82 Å². The minimum absolute atomic E-state index is 0.0363. The van der Waals surface area contributed by atoms with Crippen molar-refractivity contribution in [1.82, 2.24) is 0 Å². The standard InChI is InChI=1S/C34H64NO6P/c1-5-6-7-8-9-10-11-12-13-14-15-16-17-18-19-23-27-39-31-34(40-28-26-32-24-21-20-22-25-32)29-33(35(2,3)4)30-41-42(36,37)38/h20-22,24-25,33-34H,5-19,23,26-31H2,1-4H3,(H-,36,37,38)/p+1. The third-order valence-corrected chi connectivity index (χ3v) is 8.58. The Hall–Kier alpha value is -0.790. The molecular formula is C34H65NO6P+. The zero-order chi connectivity index (χ0) is 30.9. The van der Waals surface area contributed by atoms with E-state index in [4.69, 9.17) is 14.0 Å². The molecule has 2 N–H and O–H groups in total. The highest BCUT2D eigenvalue weighted by Gasteiger charge is 2.31. The highest BCUT2D eigenvalue weighted by atomic mass is 31.2. The molecule has 0 fully saturated rings. The van der Waals surface area contributed by atoms with Crippen molar-refractivity contribution in [3.63, 3.8) is 0 Å². The van der Waals surface area contributed by atoms with E-state index in [-0.39, 0.29) is 18.8 Å². The number of likely N-dealkylation sites (N-methyl/N-ethyl adjacent to an activating group) is 1. The fourth-order valence-corrected chi connectivity index (χ4v) is 5.60. The molecule has 0 saturated carbocycles. The zero-order valence-corrected chi connectivity index (χ0v) is 28.4. The monoisotopic (exact) mass is 614 g/mol. The molecule has 0 aromatic heterocycles. The molecular weight excluding hydrogens is 549 g/mol. The molecule has 0 aliphatic rings. The van der Waals surface area contributed by atoms with Crippen molar-refractivity contribution in [2.24, 2.45) is 0 Å². The summed E-state index contributed by atoms with van der Waals surface area (Å²) < 4.78 is 29.0. The normalized spacial score (nSPS) is 13.9. The average molecular weight is 615 g/mol. The smallest absolute Gasteiger partial charge is 0.379 e. The Morgan fingerprint density at radius 3 is 1.69 bits per heavy atom. The van der Waals surface area contributed by atoms with Gasteiger partial charge < -0.3 is 23.7 Å². The number of phosphoric ester groups is 1. The van der Waals surface area contributed by atoms with E-state index in [1.54, 1.807) is 0 Å². The Balaban J connectivity index is 2.24. The van der Waals surface area contributed by atoms with Crippen molar-refractivity contribution in [1.29, 1.82) is 0 Å². The Labute approximate surface area is 258 Å². The molecule has 1 aromatic carbocycles. The predicted molar refractivity (Wildman–Crippen MR) is 175 cm³/mol. The van der Waals surface area contributed by atoms with E-state index in [2.05, 4.69) is 19.1 Å². The van der Waals surface area contributed by atoms with Crippen LogP contribution in [0.15, 0.2) is 30.3 Å². The van der Waals surface area contributed by atoms with E-state index in [1.165, 1.54) is 102 Å². The van der Waals surface area contributed by atoms with E-state index in [9.17, 15) is 14.4 Å². The first-order chi connectivity index (χ1) is 20.1. The molecule has 0 heterocycles. The Bertz CT molecular complexity index is 782. The number of phosphoric acid groups is 1. The topological polar surface area (TPSA) is 85.2 Å². The summed E-state index contributed by atoms with van der Waals surface area (Å²) in [6, 6.07) is 10.1. The first kappa shape index (κ1) is 39.2. The first-order valence-electron chi connectivity index (χ1n) is 16.9. The fourth-order valence-electron chi connectivity index (χ4n) is 5.23. The van der Waals surface area contributed by atoms with Crippen molar-refractivity contribution in [2.75, 3.05) is 47.6 Å². The molecule has 8 heteroatoms. The Kier molecular flexibility index (Phi) is 22.9. The summed E-state index contributed by atoms with van der Waals surface area (Å²) in [7, 11) is 1.49. The Morgan fingerprint density at radius 2 is 1.21 bits per heavy atom. The lowest BCUT2D eigenvalue weighted by Crippen LogP contribution is -2.50. The third-order valence-electron chi connectivity index (χ3n) is 8.10. The summed E-state index contributed by atoms with van der Waals surface area (Å²) in [5.41, 5.74) is 1.22. The molecule has 0 amide bonds. The maximum Gasteiger partial charge on any atom is 0.469 e. The highest BCUT2D eigenvalue weighted by molar-refractivity contribution is 7.46. The molecule has 7 nitrogen and oxygen atoms in total. The average Bonchev–Trinajstić information content (AvgIpc) is 2.93. The summed E-state index contributed by atoms with van der Waals surface area (Å²) in [6.07, 6.45) is 22.8. The van der Waals surface area contributed by atoms with Gasteiger partial charge in [0, 0.05) is 13.0 Å². The number of quaternary nitrogens is 1. The van der Waals surface area contributed by atoms with Gasteiger partial charge in [-0.15, -0.1) is 0 Å². The summed E-state index contributed by atoms with van der Waals surface area (Å²) in [6.45, 7) is 4.00. The van der Waals surface area contributed by atoms with Gasteiger partial charge in [0.15, 0.2) is 0 Å². The van der Waals surface area contributed by atoms with Crippen molar-refractivity contribution in [2.45, 2.75) is 135 Å². The van der Waals surface area contributed by atoms with Crippen LogP contribution >= 0.6 is 7.82 Å². The second-order valence-corrected chi connectivity index (χ2v) is 14.1. The number of hydrogen-bond acceptors (Lipinski definition) is 4. The van der Waals surface area contributed by atoms with E-state index >= 15 is 0 Å². The van der Waals surface area contributed by atoms with Crippen LogP contribution in [-0.2, 0) is 25.0 Å². The molecule has 2 unspecified atom stereocenters. The van der Waals surface area contributed by atoms with Crippen LogP contribution in [0.1, 0.15) is 122 Å². The van der Waals surface area contributed by atoms with Gasteiger partial charge in [-0.25, -0.2) is 4.57 Å². The lowest BCUT2D eigenvalue weighted by atomic mass is 10.0. The summed E-state index contributed by atoms with van der Waals surface area (Å²) in [5.74, 6) is 0. The first-order valence-corrected chi connectivity index (χ1v) is 18.4. The van der Waals surface area contributed by atoms with Gasteiger partial charge in [-0.1, -0.05) is 134 Å². The van der Waals surface area contributed by atoms with Crippen LogP contribution in [-0.4, -0.2) is 74.0 Å². The third kappa shape index (κ3) is 23.6. The molecule has 1 aromatic rings. The largest absolute Gasteiger partial charge is 0.469 e. The molecule has 0 radical (unpaired) electrons. The predicted octanol–water partition coefficient (Wildman–Crippen LogP) is 8.47. The van der Waals surface area contributed by atoms with E-state index in [0.29, 0.717) is 30.7 Å². The lowest BCUT2D eigenvalue weighted by Gasteiger charge is -2.36. The van der Waals surface area contributed by atoms with Gasteiger partial charge >= 0.3 is 7.82 Å². The summed E-state index contributed by atoms with van der Waals surface area (Å²) in [5, 5.41) is 0. The van der Waals surface area contributed by atoms with Crippen molar-refractivity contribution >= 4 is 7.82 Å². The lowest BCUT2D eigenvalue weighted by molar-refractivity contribution is -0.897. The number of rotatable bonds is 29. The number of unbranched alkanes of at least 4 members (excludes halogenated alkanes) is 15. The molecule has 0 spiro atoms. The maximum absolute atomic E-state index is 11.3. The molecule has 0 saturated heterocycles. The van der Waals surface area contributed by atoms with Crippen LogP contribution in [0.2, 0.25) is 0 Å². The quantitative estimate of drug-likeness (QED) is 0.0535. The van der Waals surface area contributed by atoms with Gasteiger partial charge in [0.25, 0.3) is 0 Å². The van der Waals surface area contributed by atoms with Crippen molar-refractivity contribution < 1.29 is 32.8 Å². The summed E-state index contributed by atoms with van der Waals surface area (Å²) >= 11 is 0. The number of benzene rings is 1. The van der Waals surface area contributed by atoms with Gasteiger partial charge in [-0.3, -0.25) is 4.52 Å². The van der Waals surface area contributed by atoms with Gasteiger partial charge in [-0.05, 0) is 18.4 Å². The van der Waals surface area contributed by atoms with Crippen LogP contribution in [0.25, 0.3) is 0 Å². The molecule has 0 bridgehead atoms. The van der Waals surface area contributed by atoms with Gasteiger partial charge in [0.05, 0.1) is 40.5 Å². The van der Waals surface area contributed by atoms with Crippen LogP contribution in [0.4, 0.5) is 0 Å². The van der Waals surface area contributed by atoms with Crippen molar-refractivity contribution in [3.05, 3.63) is 35.9 Å². The number of hydrogen-bond donors (Lipinski definition) is 2. The molecule has 0 aliphatic heterocycles. The minimum Gasteiger partial charge on any atom is -0.379 e. The fraction of sp³-hybridized carbons (Fsp3) is 0.824. The van der Waals surface area contributed by atoms with Gasteiger partial charge in [0.2, 0.25) is 0 Å². The van der Waals surface area contributed by atoms with Crippen LogP contribution in [0, 0.1) is 0 Å². The van der Waals surface area contributed by atoms with Gasteiger partial charge in [0.1, 0.15) is 12.6 Å². The van der Waals surface area contributed by atoms with Crippen molar-refractivity contribution in [3.8, 4) is 0 Å². The molecule has 42 heavy (non-hydrogen) atoms. The molecule has 1 rings (SSSR count). The SMILES string of the molecule is CCCCCCCCCCCCCCCCCCOCC(CC(COP(=O)(O)O)[N+](C)(C)C)OCCc1ccccc1. The van der Waals surface area contributed by atoms with E-state index in [1.807, 2.05) is 39.3 Å². The van der Waals surface area contributed by atoms with Crippen LogP contribution in [0.3, 0.4) is 0 Å². The number of ether oxygens (including phenoxy) is 2. The number of nitrogens with zero attached hydrogens (tertiary/aromatic N) is 1. The Morgan fingerprint density at radius 1 is 0.714 bits per heavy atom. The molecule has 2 atom stereocenters. The van der Waals surface area contributed by atoms with Crippen LogP contribution < -0.4 is 0 Å². The van der Waals surface area contributed by atoms with Gasteiger partial charge in [-0.2, -0.15) is 0 Å². The molecule has 0 aliphatic carbocycles. The second-order valence-electron chi connectivity index (χ2n) is 12.9. The summed E-state index contributed by atoms with van der Waals surface area (Å²) in [4.78, 5) is 18.5. The van der Waals surface area contributed by atoms with E-state index in [0.717, 1.165) is 12.8 Å². The minimum atomic E-state index is -4.53. The zero-order valence-electron chi connectivity index (χ0n) is 27.5.